The van der Waals surface area contributed by atoms with Gasteiger partial charge in [0.05, 0.1) is 0 Å². The first-order chi connectivity index (χ1) is 8.50. The van der Waals surface area contributed by atoms with E-state index in [0.29, 0.717) is 6.42 Å². The number of para-hydroxylation sites is 1. The zero-order valence-corrected chi connectivity index (χ0v) is 12.5. The van der Waals surface area contributed by atoms with Crippen molar-refractivity contribution >= 4 is 24.0 Å². The molecule has 2 N–H and O–H groups in total. The molecule has 0 atom stereocenters. The Labute approximate surface area is 121 Å². The van der Waals surface area contributed by atoms with E-state index in [-0.39, 0.29) is 23.9 Å². The quantitative estimate of drug-likeness (QED) is 0.866. The second kappa shape index (κ2) is 6.29. The number of aryl methyl sites for hydroxylation is 1. The van der Waals surface area contributed by atoms with Crippen LogP contribution in [-0.4, -0.2) is 22.9 Å². The summed E-state index contributed by atoms with van der Waals surface area (Å²) in [7, 11) is 0. The molecule has 2 rings (SSSR count). The van der Waals surface area contributed by atoms with Gasteiger partial charge < -0.3 is 10.6 Å². The molecule has 0 unspecified atom stereocenters. The number of nitrogen functional groups attached to an aromatic ring is 1. The number of halogens is 1. The van der Waals surface area contributed by atoms with Gasteiger partial charge in [-0.15, -0.1) is 12.4 Å². The van der Waals surface area contributed by atoms with Gasteiger partial charge in [-0.3, -0.25) is 4.79 Å². The maximum Gasteiger partial charge on any atom is 0.223 e. The molecule has 0 radical (unpaired) electrons. The first-order valence-electron chi connectivity index (χ1n) is 6.64. The van der Waals surface area contributed by atoms with E-state index in [1.807, 2.05) is 29.2 Å². The van der Waals surface area contributed by atoms with Gasteiger partial charge in [0.1, 0.15) is 0 Å². The monoisotopic (exact) mass is 282 g/mol. The third-order valence-electron chi connectivity index (χ3n) is 3.87. The van der Waals surface area contributed by atoms with Gasteiger partial charge in [-0.2, -0.15) is 0 Å². The number of amides is 1. The van der Waals surface area contributed by atoms with Crippen molar-refractivity contribution in [1.82, 2.24) is 4.90 Å². The Morgan fingerprint density at radius 3 is 2.63 bits per heavy atom. The topological polar surface area (TPSA) is 46.3 Å². The van der Waals surface area contributed by atoms with E-state index in [1.165, 1.54) is 0 Å². The number of rotatable bonds is 3. The van der Waals surface area contributed by atoms with Gasteiger partial charge in [0.15, 0.2) is 0 Å². The zero-order chi connectivity index (χ0) is 13.2. The number of hydrogen-bond donors (Lipinski definition) is 1. The number of benzene rings is 1. The molecule has 0 aliphatic carbocycles. The number of likely N-dealkylation sites (tertiary alicyclic amines) is 1. The van der Waals surface area contributed by atoms with Crippen LogP contribution in [-0.2, 0) is 11.2 Å². The Kier molecular flexibility index (Phi) is 5.24. The second-order valence-corrected chi connectivity index (χ2v) is 5.66. The molecular weight excluding hydrogens is 260 g/mol. The minimum absolute atomic E-state index is 0. The molecule has 0 spiro atoms. The molecule has 19 heavy (non-hydrogen) atoms. The number of hydrogen-bond acceptors (Lipinski definition) is 2. The zero-order valence-electron chi connectivity index (χ0n) is 11.7. The molecule has 0 saturated carbocycles. The van der Waals surface area contributed by atoms with E-state index in [1.54, 1.807) is 0 Å². The molecule has 1 aromatic carbocycles. The summed E-state index contributed by atoms with van der Waals surface area (Å²) >= 11 is 0. The van der Waals surface area contributed by atoms with Crippen LogP contribution < -0.4 is 5.73 Å². The lowest BCUT2D eigenvalue weighted by molar-refractivity contribution is -0.134. The number of nitrogens with two attached hydrogens (primary N) is 1. The summed E-state index contributed by atoms with van der Waals surface area (Å²) in [4.78, 5) is 14.3. The molecule has 106 valence electrons. The second-order valence-electron chi connectivity index (χ2n) is 5.66. The lowest BCUT2D eigenvalue weighted by atomic mass is 10.0. The molecule has 1 aliphatic rings. The van der Waals surface area contributed by atoms with Crippen LogP contribution in [0.1, 0.15) is 38.7 Å². The van der Waals surface area contributed by atoms with E-state index in [2.05, 4.69) is 13.8 Å². The van der Waals surface area contributed by atoms with Crippen molar-refractivity contribution in [2.24, 2.45) is 0 Å². The smallest absolute Gasteiger partial charge is 0.223 e. The van der Waals surface area contributed by atoms with Crippen LogP contribution in [0.5, 0.6) is 0 Å². The van der Waals surface area contributed by atoms with Gasteiger partial charge in [-0.25, -0.2) is 0 Å². The third kappa shape index (κ3) is 3.63. The largest absolute Gasteiger partial charge is 0.399 e. The van der Waals surface area contributed by atoms with Gasteiger partial charge in [0.2, 0.25) is 5.91 Å². The van der Waals surface area contributed by atoms with Crippen LogP contribution in [0.25, 0.3) is 0 Å². The van der Waals surface area contributed by atoms with Gasteiger partial charge in [-0.05, 0) is 44.7 Å². The highest BCUT2D eigenvalue weighted by atomic mass is 35.5. The first kappa shape index (κ1) is 15.8. The minimum Gasteiger partial charge on any atom is -0.399 e. The summed E-state index contributed by atoms with van der Waals surface area (Å²) in [5.74, 6) is 0.251. The van der Waals surface area contributed by atoms with E-state index < -0.39 is 0 Å². The Hall–Kier alpha value is -1.22. The Bertz CT molecular complexity index is 446. The highest BCUT2D eigenvalue weighted by molar-refractivity contribution is 5.85. The summed E-state index contributed by atoms with van der Waals surface area (Å²) in [5.41, 5.74) is 7.77. The Morgan fingerprint density at radius 1 is 1.37 bits per heavy atom. The van der Waals surface area contributed by atoms with Crippen molar-refractivity contribution in [2.75, 3.05) is 12.3 Å². The number of carbonyl (C=O) groups excluding carboxylic acids is 1. The molecule has 1 amide bonds. The molecule has 0 aromatic heterocycles. The van der Waals surface area contributed by atoms with E-state index in [9.17, 15) is 4.79 Å². The van der Waals surface area contributed by atoms with Crippen LogP contribution in [0.15, 0.2) is 24.3 Å². The SMILES string of the molecule is CC1(C)CCCN1C(=O)CCc1ccccc1N.Cl. The molecule has 4 heteroatoms. The fourth-order valence-electron chi connectivity index (χ4n) is 2.71. The summed E-state index contributed by atoms with van der Waals surface area (Å²) in [6, 6.07) is 7.78. The maximum absolute atomic E-state index is 12.2. The first-order valence-corrected chi connectivity index (χ1v) is 6.64. The van der Waals surface area contributed by atoms with Gasteiger partial charge in [0.25, 0.3) is 0 Å². The normalized spacial score (nSPS) is 17.1. The predicted molar refractivity (Wildman–Crippen MR) is 81.4 cm³/mol. The molecule has 1 fully saturated rings. The van der Waals surface area contributed by atoms with Crippen molar-refractivity contribution in [3.63, 3.8) is 0 Å². The van der Waals surface area contributed by atoms with Crippen molar-refractivity contribution in [2.45, 2.75) is 45.1 Å². The van der Waals surface area contributed by atoms with Crippen LogP contribution in [0.2, 0.25) is 0 Å². The Morgan fingerprint density at radius 2 is 2.05 bits per heavy atom. The van der Waals surface area contributed by atoms with Crippen LogP contribution in [0.3, 0.4) is 0 Å². The lowest BCUT2D eigenvalue weighted by Gasteiger charge is -2.31. The van der Waals surface area contributed by atoms with E-state index in [0.717, 1.165) is 37.1 Å². The van der Waals surface area contributed by atoms with E-state index in [4.69, 9.17) is 5.73 Å². The van der Waals surface area contributed by atoms with Crippen molar-refractivity contribution in [3.05, 3.63) is 29.8 Å². The highest BCUT2D eigenvalue weighted by Gasteiger charge is 2.34. The summed E-state index contributed by atoms with van der Waals surface area (Å²) in [6.07, 6.45) is 3.51. The van der Waals surface area contributed by atoms with Crippen molar-refractivity contribution < 1.29 is 4.79 Å². The van der Waals surface area contributed by atoms with E-state index >= 15 is 0 Å². The van der Waals surface area contributed by atoms with Gasteiger partial charge in [0, 0.05) is 24.2 Å². The fraction of sp³-hybridized carbons (Fsp3) is 0.533. The predicted octanol–water partition coefficient (Wildman–Crippen LogP) is 3.02. The molecule has 0 bridgehead atoms. The average Bonchev–Trinajstić information content (AvgIpc) is 2.67. The third-order valence-corrected chi connectivity index (χ3v) is 3.87. The minimum atomic E-state index is 0. The molecule has 1 saturated heterocycles. The summed E-state index contributed by atoms with van der Waals surface area (Å²) in [6.45, 7) is 5.19. The van der Waals surface area contributed by atoms with Gasteiger partial charge >= 0.3 is 0 Å². The summed E-state index contributed by atoms with van der Waals surface area (Å²) < 4.78 is 0. The highest BCUT2D eigenvalue weighted by Crippen LogP contribution is 2.29. The van der Waals surface area contributed by atoms with Crippen LogP contribution >= 0.6 is 12.4 Å². The van der Waals surface area contributed by atoms with Crippen molar-refractivity contribution in [3.8, 4) is 0 Å². The van der Waals surface area contributed by atoms with Crippen LogP contribution in [0.4, 0.5) is 5.69 Å². The molecule has 1 aromatic rings. The average molecular weight is 283 g/mol. The molecular formula is C15H23ClN2O. The fourth-order valence-corrected chi connectivity index (χ4v) is 2.71. The van der Waals surface area contributed by atoms with Crippen LogP contribution in [0, 0.1) is 0 Å². The number of anilines is 1. The Balaban J connectivity index is 0.00000180. The molecule has 1 aliphatic heterocycles. The lowest BCUT2D eigenvalue weighted by Crippen LogP contribution is -2.42. The summed E-state index contributed by atoms with van der Waals surface area (Å²) in [5, 5.41) is 0. The van der Waals surface area contributed by atoms with Crippen molar-refractivity contribution in [1.29, 1.82) is 0 Å². The molecule has 1 heterocycles. The van der Waals surface area contributed by atoms with Gasteiger partial charge in [-0.1, -0.05) is 18.2 Å². The number of carbonyl (C=O) groups is 1. The standard InChI is InChI=1S/C15H22N2O.ClH/c1-15(2)10-5-11-17(15)14(18)9-8-12-6-3-4-7-13(12)16;/h3-4,6-7H,5,8-11,16H2,1-2H3;1H. The molecule has 3 nitrogen and oxygen atoms in total. The number of nitrogens with zero attached hydrogens (tertiary/aromatic N) is 1. The maximum atomic E-state index is 12.2.